The number of nitrogens with two attached hydrogens (primary N) is 1. The first kappa shape index (κ1) is 77.8. The predicted octanol–water partition coefficient (Wildman–Crippen LogP) is 8.25. The van der Waals surface area contributed by atoms with Crippen LogP contribution in [-0.2, 0) is 96.5 Å². The van der Waals surface area contributed by atoms with Crippen LogP contribution in [0.25, 0.3) is 0 Å². The molecule has 2 aliphatic heterocycles. The Bertz CT molecular complexity index is 2940. The number of methoxy groups -OCH3 is 2. The van der Waals surface area contributed by atoms with Crippen molar-refractivity contribution in [3.8, 4) is 0 Å². The van der Waals surface area contributed by atoms with Gasteiger partial charge in [0.05, 0.1) is 38.4 Å². The zero-order valence-corrected chi connectivity index (χ0v) is 62.6. The van der Waals surface area contributed by atoms with Crippen molar-refractivity contribution in [3.63, 3.8) is 0 Å². The number of benzene rings is 4. The van der Waals surface area contributed by atoms with Gasteiger partial charge in [-0.1, -0.05) is 133 Å². The molecule has 6 aromatic rings. The van der Waals surface area contributed by atoms with Crippen LogP contribution < -0.4 is 16.4 Å². The number of hydrogen-bond acceptors (Lipinski definition) is 19. The minimum absolute atomic E-state index is 0. The molecule has 2 fully saturated rings. The number of aromatic nitrogens is 4. The summed E-state index contributed by atoms with van der Waals surface area (Å²) >= 11 is -0.0318. The van der Waals surface area contributed by atoms with E-state index in [2.05, 4.69) is 50.4 Å². The zero-order valence-electron chi connectivity index (χ0n) is 50.7. The monoisotopic (exact) mass is 1700 g/mol. The number of ether oxygens (including phenoxy) is 6. The molecule has 2 saturated heterocycles. The van der Waals surface area contributed by atoms with Gasteiger partial charge in [-0.2, -0.15) is 20.2 Å². The van der Waals surface area contributed by atoms with Gasteiger partial charge >= 0.3 is 63.0 Å². The second-order valence-corrected chi connectivity index (χ2v) is 28.0. The summed E-state index contributed by atoms with van der Waals surface area (Å²) in [5.74, 6) is 0.693. The number of carbonyl (C=O) groups excluding carboxylic acids is 4. The number of halogens is 2. The quantitative estimate of drug-likeness (QED) is 0.0250. The SMILES string of the molecule is COCCN1CCN(CCn2ccc(CC(=NC(=O)OCc3ccccc3)NC(=O)OCc3ccccc3)n2)CC1.COCCN1CCN(CCn2ccc(N)n2)CC1.CSC(=NC(=O)OCc1ccccc1)NC(=O)OCc1ccccc1.[Cl][Hg][Cl].[OH-].[U]. The van der Waals surface area contributed by atoms with Gasteiger partial charge < -0.3 is 39.6 Å². The number of rotatable bonds is 22. The standard InChI is InChI=1S/C30H38N6O5.C18H18N2O4S.C12H23N5O.2ClH.Hg.H2O.U/c1-39-21-20-35-16-14-34(15-17-35)18-19-36-13-12-27(33-36)22-28(31-29(37)40-23-25-8-4-2-5-9-25)32-30(38)41-24-26-10-6-3-7-11-26;1-25-16(19-17(21)23-12-14-8-4-2-5-9-14)20-18(22)24-13-15-10-6-3-7-11-15;1-18-11-10-16-6-4-15(5-7-16)8-9-17-3-2-12(13)14-17;;;;;/h2-13H,14-24H2,1H3,(H,31,32,37,38);2-11H,12-13H2,1H3,(H,19,20,21,22);2-3H,4-11H2,1H3,(H2,13,14);2*1H;;1H2;/q;;;;;+2;;/p-3. The summed E-state index contributed by atoms with van der Waals surface area (Å²) < 4.78 is 34.8. The summed E-state index contributed by atoms with van der Waals surface area (Å²) in [5, 5.41) is 13.9. The smallest absolute Gasteiger partial charge is 0 e. The van der Waals surface area contributed by atoms with Gasteiger partial charge in [-0.15, -0.1) is 0 Å². The van der Waals surface area contributed by atoms with E-state index in [9.17, 15) is 19.2 Å². The van der Waals surface area contributed by atoms with Crippen LogP contribution in [0.3, 0.4) is 0 Å². The fourth-order valence-electron chi connectivity index (χ4n) is 8.35. The van der Waals surface area contributed by atoms with Crippen molar-refractivity contribution < 1.29 is 106 Å². The Balaban J connectivity index is 0.000000367. The number of hydrogen-bond donors (Lipinski definition) is 3. The number of alkyl carbamates (subject to hydrolysis) is 2. The molecule has 478 valence electrons. The number of carbonyl (C=O) groups is 4. The molecule has 29 heteroatoms. The summed E-state index contributed by atoms with van der Waals surface area (Å²) in [6.07, 6.45) is 2.65. The molecular weight excluding hydrogens is 1620 g/mol. The van der Waals surface area contributed by atoms with E-state index in [1.165, 1.54) is 0 Å². The van der Waals surface area contributed by atoms with Crippen LogP contribution in [-0.4, -0.2) is 192 Å². The van der Waals surface area contributed by atoms with Crippen molar-refractivity contribution >= 4 is 69.5 Å². The number of piperazine rings is 2. The van der Waals surface area contributed by atoms with E-state index >= 15 is 0 Å². The van der Waals surface area contributed by atoms with Crippen molar-refractivity contribution in [2.45, 2.75) is 45.9 Å². The Morgan fingerprint density at radius 1 is 0.528 bits per heavy atom. The fraction of sp³-hybridized carbons (Fsp3) is 0.400. The summed E-state index contributed by atoms with van der Waals surface area (Å²) in [6.45, 7) is 16.1. The van der Waals surface area contributed by atoms with Gasteiger partial charge in [0.1, 0.15) is 38.1 Å². The molecule has 0 saturated carbocycles. The van der Waals surface area contributed by atoms with Gasteiger partial charge in [0.2, 0.25) is 0 Å². The first-order valence-corrected chi connectivity index (χ1v) is 43.1. The third-order valence-corrected chi connectivity index (χ3v) is 13.6. The Hall–Kier alpha value is -5.44. The Morgan fingerprint density at radius 3 is 1.27 bits per heavy atom. The molecule has 8 rings (SSSR count). The minimum atomic E-state index is -1.14. The van der Waals surface area contributed by atoms with Crippen molar-refractivity contribution in [1.82, 2.24) is 49.8 Å². The summed E-state index contributed by atoms with van der Waals surface area (Å²) in [6, 6.07) is 40.9. The third kappa shape index (κ3) is 34.5. The second-order valence-electron chi connectivity index (χ2n) is 19.3. The van der Waals surface area contributed by atoms with E-state index < -0.39 is 46.5 Å². The molecule has 0 unspecified atom stereocenters. The molecule has 4 amide bonds. The van der Waals surface area contributed by atoms with Crippen LogP contribution in [0.15, 0.2) is 156 Å². The summed E-state index contributed by atoms with van der Waals surface area (Å²) in [7, 11) is 13.5. The van der Waals surface area contributed by atoms with Gasteiger partial charge in [-0.25, -0.2) is 19.2 Å². The minimum Gasteiger partial charge on any atom is -0.870 e. The van der Waals surface area contributed by atoms with E-state index in [0.29, 0.717) is 11.5 Å². The Labute approximate surface area is 568 Å². The molecule has 4 heterocycles. The summed E-state index contributed by atoms with van der Waals surface area (Å²) in [4.78, 5) is 66.0. The average molecular weight is 1700 g/mol. The van der Waals surface area contributed by atoms with Gasteiger partial charge in [0.25, 0.3) is 0 Å². The normalized spacial score (nSPS) is 13.5. The molecule has 24 nitrogen and oxygen atoms in total. The molecule has 4 aromatic carbocycles. The average Bonchev–Trinajstić information content (AvgIpc) is 4.41. The Kier molecular flexibility index (Phi) is 41.5. The maximum Gasteiger partial charge on any atom is 0 e. The number of anilines is 1. The van der Waals surface area contributed by atoms with E-state index in [1.54, 1.807) is 20.5 Å². The largest absolute Gasteiger partial charge is 0.870 e. The molecule has 0 bridgehead atoms. The van der Waals surface area contributed by atoms with E-state index in [4.69, 9.17) is 50.7 Å². The number of aliphatic imine (C=N–C) groups is 2. The molecule has 2 aliphatic rings. The topological polar surface area (TPSA) is 277 Å². The van der Waals surface area contributed by atoms with Crippen LogP contribution in [0, 0.1) is 31.1 Å². The number of nitrogens with one attached hydrogen (secondary N) is 2. The number of amidine groups is 2. The number of amides is 4. The van der Waals surface area contributed by atoms with Gasteiger partial charge in [-0.05, 0) is 40.6 Å². The molecular formula is C60H80Cl2HgN13O11SU-. The second kappa shape index (κ2) is 47.5. The van der Waals surface area contributed by atoms with Crippen LogP contribution in [0.4, 0.5) is 25.0 Å². The third-order valence-electron chi connectivity index (χ3n) is 13.1. The van der Waals surface area contributed by atoms with Crippen LogP contribution >= 0.6 is 28.3 Å². The van der Waals surface area contributed by atoms with E-state index in [0.717, 1.165) is 139 Å². The zero-order chi connectivity index (χ0) is 62.1. The van der Waals surface area contributed by atoms with Crippen molar-refractivity contribution in [2.24, 2.45) is 9.98 Å². The first-order valence-electron chi connectivity index (χ1n) is 28.3. The van der Waals surface area contributed by atoms with Crippen molar-refractivity contribution in [3.05, 3.63) is 174 Å². The predicted molar refractivity (Wildman–Crippen MR) is 337 cm³/mol. The van der Waals surface area contributed by atoms with Crippen molar-refractivity contribution in [2.75, 3.05) is 118 Å². The molecule has 0 spiro atoms. The number of nitrogens with zero attached hydrogens (tertiary/aromatic N) is 10. The Morgan fingerprint density at radius 2 is 0.888 bits per heavy atom. The van der Waals surface area contributed by atoms with Crippen LogP contribution in [0.1, 0.15) is 27.9 Å². The maximum atomic E-state index is 12.5. The molecule has 89 heavy (non-hydrogen) atoms. The first-order chi connectivity index (χ1) is 42.4. The van der Waals surface area contributed by atoms with Crippen molar-refractivity contribution in [1.29, 1.82) is 0 Å². The molecule has 5 N–H and O–H groups in total. The molecule has 0 atom stereocenters. The van der Waals surface area contributed by atoms with Crippen LogP contribution in [0.2, 0.25) is 0 Å². The number of thioether (sulfide) groups is 1. The van der Waals surface area contributed by atoms with Crippen LogP contribution in [0.5, 0.6) is 0 Å². The van der Waals surface area contributed by atoms with E-state index in [-0.39, 0.29) is 80.4 Å². The summed E-state index contributed by atoms with van der Waals surface area (Å²) in [5.41, 5.74) is 9.65. The number of nitrogen functional groups attached to an aromatic ring is 1. The van der Waals surface area contributed by atoms with Gasteiger partial charge in [-0.3, -0.25) is 39.6 Å². The molecule has 2 aromatic heterocycles. The fourth-order valence-corrected chi connectivity index (χ4v) is 8.70. The maximum absolute atomic E-state index is 12.5. The molecule has 0 radical (unpaired) electrons. The van der Waals surface area contributed by atoms with Gasteiger partial charge in [0.15, 0.2) is 5.17 Å². The molecule has 0 aliphatic carbocycles. The van der Waals surface area contributed by atoms with E-state index in [1.807, 2.05) is 155 Å². The van der Waals surface area contributed by atoms with Gasteiger partial charge in [0, 0.05) is 136 Å².